The fraction of sp³-hybridized carbons (Fsp3) is 0.889. The molecule has 0 fully saturated rings. The predicted octanol–water partition coefficient (Wildman–Crippen LogP) is 2.74. The summed E-state index contributed by atoms with van der Waals surface area (Å²) in [7, 11) is -1.63. The number of aliphatic hydroxyl groups excluding tert-OH is 2. The summed E-state index contributed by atoms with van der Waals surface area (Å²) >= 11 is 0. The van der Waals surface area contributed by atoms with Gasteiger partial charge in [0.15, 0.2) is 24.5 Å². The van der Waals surface area contributed by atoms with E-state index in [2.05, 4.69) is 57.2 Å². The van der Waals surface area contributed by atoms with Crippen molar-refractivity contribution in [1.29, 1.82) is 0 Å². The number of rotatable bonds is 25. The van der Waals surface area contributed by atoms with Gasteiger partial charge in [0.05, 0.1) is 25.7 Å². The summed E-state index contributed by atoms with van der Waals surface area (Å²) in [6, 6.07) is 2.70. The van der Waals surface area contributed by atoms with Gasteiger partial charge in [-0.3, -0.25) is 4.79 Å². The first kappa shape index (κ1) is 38.3. The maximum atomic E-state index is 12.0. The molecular formula is C27H59BN2O7Si2. The number of carbonyl (C=O) groups is 1. The molecule has 4 unspecified atom stereocenters. The smallest absolute Gasteiger partial charge is 0.307 e. The highest BCUT2D eigenvalue weighted by Gasteiger charge is 2.32. The van der Waals surface area contributed by atoms with E-state index in [4.69, 9.17) is 18.3 Å². The van der Waals surface area contributed by atoms with E-state index in [9.17, 15) is 15.0 Å². The Morgan fingerprint density at radius 1 is 0.897 bits per heavy atom. The summed E-state index contributed by atoms with van der Waals surface area (Å²) in [5.41, 5.74) is 0.971. The number of aliphatic hydroxyl groups is 2. The summed E-state index contributed by atoms with van der Waals surface area (Å²) < 4.78 is 22.9. The molecule has 39 heavy (non-hydrogen) atoms. The Kier molecular flexibility index (Phi) is 20.6. The van der Waals surface area contributed by atoms with Crippen LogP contribution in [-0.4, -0.2) is 105 Å². The Hall–Kier alpha value is -0.731. The molecule has 4 atom stereocenters. The molecule has 0 spiro atoms. The Morgan fingerprint density at radius 3 is 1.97 bits per heavy atom. The minimum Gasteiger partial charge on any atom is -0.463 e. The minimum atomic E-state index is -1.81. The van der Waals surface area contributed by atoms with Crippen molar-refractivity contribution in [2.75, 3.05) is 39.6 Å². The SMILES string of the molecule is BC(=C)NC(C)CCC(C)NCCC(=O)OCC(O)COCCC[Si](C)(C)O[Si](C)(C)CCCOCC(C)O. The summed E-state index contributed by atoms with van der Waals surface area (Å²) in [6.07, 6.45) is 2.86. The minimum absolute atomic E-state index is 0.0530. The topological polar surface area (TPSA) is 119 Å². The number of hydrogen-bond acceptors (Lipinski definition) is 9. The van der Waals surface area contributed by atoms with Crippen LogP contribution in [0.3, 0.4) is 0 Å². The fourth-order valence-electron chi connectivity index (χ4n) is 4.35. The molecule has 0 aliphatic rings. The second-order valence-corrected chi connectivity index (χ2v) is 21.0. The van der Waals surface area contributed by atoms with Gasteiger partial charge in [0.25, 0.3) is 0 Å². The number of esters is 1. The van der Waals surface area contributed by atoms with E-state index in [1.165, 1.54) is 0 Å². The van der Waals surface area contributed by atoms with Crippen molar-refractivity contribution in [2.45, 2.75) is 115 Å². The van der Waals surface area contributed by atoms with Gasteiger partial charge in [-0.25, -0.2) is 0 Å². The highest BCUT2D eigenvalue weighted by atomic mass is 28.4. The Bertz CT molecular complexity index is 672. The maximum absolute atomic E-state index is 12.0. The van der Waals surface area contributed by atoms with Crippen LogP contribution in [0.1, 0.15) is 52.9 Å². The van der Waals surface area contributed by atoms with Crippen LogP contribution < -0.4 is 10.6 Å². The molecule has 230 valence electrons. The van der Waals surface area contributed by atoms with E-state index in [0.29, 0.717) is 38.4 Å². The van der Waals surface area contributed by atoms with Crippen LogP contribution in [0.15, 0.2) is 12.2 Å². The van der Waals surface area contributed by atoms with Gasteiger partial charge in [0.2, 0.25) is 0 Å². The van der Waals surface area contributed by atoms with E-state index in [1.54, 1.807) is 6.92 Å². The first-order chi connectivity index (χ1) is 18.1. The van der Waals surface area contributed by atoms with Crippen molar-refractivity contribution >= 4 is 30.5 Å². The molecule has 0 aromatic heterocycles. The van der Waals surface area contributed by atoms with Crippen LogP contribution in [0, 0.1) is 0 Å². The largest absolute Gasteiger partial charge is 0.463 e. The number of nitrogens with one attached hydrogen (secondary N) is 2. The molecule has 0 saturated heterocycles. The van der Waals surface area contributed by atoms with Gasteiger partial charge in [-0.2, -0.15) is 0 Å². The quantitative estimate of drug-likeness (QED) is 0.0723. The number of hydrogen-bond donors (Lipinski definition) is 4. The zero-order valence-electron chi connectivity index (χ0n) is 26.1. The van der Waals surface area contributed by atoms with E-state index in [-0.39, 0.29) is 25.6 Å². The van der Waals surface area contributed by atoms with Crippen molar-refractivity contribution in [2.24, 2.45) is 0 Å². The zero-order chi connectivity index (χ0) is 29.9. The second kappa shape index (κ2) is 21.0. The molecule has 12 heteroatoms. The standard InChI is InChI=1S/C27H59BN2O7Si2/c1-22(11-12-23(2)30-25(4)28)29-14-13-27(33)36-21-26(32)20-35-16-10-18-39(7,8)37-38(5,6)17-9-15-34-19-24(3)31/h22-24,26,29-32H,4,9-21,28H2,1-3,5-8H3. The van der Waals surface area contributed by atoms with Crippen molar-refractivity contribution in [1.82, 2.24) is 10.6 Å². The molecule has 0 rings (SSSR count). The van der Waals surface area contributed by atoms with Gasteiger partial charge < -0.3 is 39.2 Å². The van der Waals surface area contributed by atoms with Crippen LogP contribution in [0.4, 0.5) is 0 Å². The van der Waals surface area contributed by atoms with Gasteiger partial charge in [0.1, 0.15) is 12.7 Å². The molecule has 9 nitrogen and oxygen atoms in total. The molecule has 0 saturated carbocycles. The maximum Gasteiger partial charge on any atom is 0.307 e. The lowest BCUT2D eigenvalue weighted by Crippen LogP contribution is -2.44. The van der Waals surface area contributed by atoms with Crippen LogP contribution >= 0.6 is 0 Å². The zero-order valence-corrected chi connectivity index (χ0v) is 28.1. The molecule has 0 radical (unpaired) electrons. The van der Waals surface area contributed by atoms with Crippen molar-refractivity contribution in [3.05, 3.63) is 12.2 Å². The fourth-order valence-corrected chi connectivity index (χ4v) is 13.1. The monoisotopic (exact) mass is 590 g/mol. The number of carbonyl (C=O) groups excluding carboxylic acids is 1. The lowest BCUT2D eigenvalue weighted by molar-refractivity contribution is -0.147. The van der Waals surface area contributed by atoms with Crippen molar-refractivity contribution in [3.8, 4) is 0 Å². The predicted molar refractivity (Wildman–Crippen MR) is 167 cm³/mol. The van der Waals surface area contributed by atoms with Crippen LogP contribution in [0.25, 0.3) is 0 Å². The summed E-state index contributed by atoms with van der Waals surface area (Å²) in [5.74, 6) is -0.322. The summed E-state index contributed by atoms with van der Waals surface area (Å²) in [4.78, 5) is 12.0. The third-order valence-corrected chi connectivity index (χ3v) is 13.7. The van der Waals surface area contributed by atoms with Gasteiger partial charge in [-0.15, -0.1) is 0 Å². The second-order valence-electron chi connectivity index (χ2n) is 12.2. The molecule has 0 aromatic rings. The van der Waals surface area contributed by atoms with Gasteiger partial charge >= 0.3 is 5.97 Å². The van der Waals surface area contributed by atoms with Crippen LogP contribution in [0.2, 0.25) is 38.3 Å². The molecule has 0 bridgehead atoms. The molecule has 0 heterocycles. The molecule has 0 aromatic carbocycles. The molecule has 0 aliphatic carbocycles. The van der Waals surface area contributed by atoms with Gasteiger partial charge in [-0.05, 0) is 90.3 Å². The first-order valence-electron chi connectivity index (χ1n) is 14.6. The lowest BCUT2D eigenvalue weighted by Gasteiger charge is -2.34. The van der Waals surface area contributed by atoms with Gasteiger partial charge in [-0.1, -0.05) is 6.58 Å². The summed E-state index contributed by atoms with van der Waals surface area (Å²) in [6.45, 7) is 21.1. The molecular weight excluding hydrogens is 531 g/mol. The van der Waals surface area contributed by atoms with Gasteiger partial charge in [0, 0.05) is 31.8 Å². The van der Waals surface area contributed by atoms with Crippen molar-refractivity contribution < 1.29 is 33.3 Å². The Labute approximate surface area is 241 Å². The Balaban J connectivity index is 3.91. The number of ether oxygens (including phenoxy) is 3. The third kappa shape index (κ3) is 24.8. The third-order valence-electron chi connectivity index (χ3n) is 6.14. The van der Waals surface area contributed by atoms with E-state index < -0.39 is 28.8 Å². The summed E-state index contributed by atoms with van der Waals surface area (Å²) in [5, 5.41) is 26.0. The highest BCUT2D eigenvalue weighted by molar-refractivity contribution is 6.84. The Morgan fingerprint density at radius 2 is 1.44 bits per heavy atom. The van der Waals surface area contributed by atoms with E-state index in [1.807, 2.05) is 7.85 Å². The van der Waals surface area contributed by atoms with E-state index in [0.717, 1.165) is 43.4 Å². The highest BCUT2D eigenvalue weighted by Crippen LogP contribution is 2.23. The average molecular weight is 591 g/mol. The molecule has 0 amide bonds. The normalized spacial score (nSPS) is 15.4. The molecule has 4 N–H and O–H groups in total. The molecule has 0 aliphatic heterocycles. The van der Waals surface area contributed by atoms with Crippen molar-refractivity contribution in [3.63, 3.8) is 0 Å². The van der Waals surface area contributed by atoms with Crippen LogP contribution in [-0.2, 0) is 23.1 Å². The lowest BCUT2D eigenvalue weighted by atomic mass is 10.0. The van der Waals surface area contributed by atoms with E-state index >= 15 is 0 Å². The average Bonchev–Trinajstić information content (AvgIpc) is 2.79. The van der Waals surface area contributed by atoms with Crippen LogP contribution in [0.5, 0.6) is 0 Å². The first-order valence-corrected chi connectivity index (χ1v) is 20.9.